The van der Waals surface area contributed by atoms with E-state index in [4.69, 9.17) is 28.6 Å². The Morgan fingerprint density at radius 2 is 2.35 bits per heavy atom. The van der Waals surface area contributed by atoms with Gasteiger partial charge in [-0.3, -0.25) is 0 Å². The molecule has 1 saturated heterocycles. The van der Waals surface area contributed by atoms with Crippen molar-refractivity contribution in [3.05, 3.63) is 34.3 Å². The number of fused-ring (bicyclic) bond motifs is 5. The molecule has 1 heterocycles. The molecule has 2 aliphatic rings. The summed E-state index contributed by atoms with van der Waals surface area (Å²) in [6.45, 7) is 2.45. The number of nitrogens with one attached hydrogen (secondary N) is 1. The lowest BCUT2D eigenvalue weighted by atomic mass is 9.96. The highest BCUT2D eigenvalue weighted by atomic mass is 35.5. The largest absolute Gasteiger partial charge is 0.383 e. The lowest BCUT2D eigenvalue weighted by molar-refractivity contribution is 0.199. The summed E-state index contributed by atoms with van der Waals surface area (Å²) in [7, 11) is 1.70. The zero-order chi connectivity index (χ0) is 14.1. The Bertz CT molecular complexity index is 523. The molecule has 0 radical (unpaired) electrons. The van der Waals surface area contributed by atoms with Gasteiger partial charge in [-0.25, -0.2) is 0 Å². The Kier molecular flexibility index (Phi) is 4.15. The third-order valence-electron chi connectivity index (χ3n) is 4.29. The van der Waals surface area contributed by atoms with Crippen LogP contribution < -0.4 is 5.32 Å². The van der Waals surface area contributed by atoms with Gasteiger partial charge in [0.15, 0.2) is 5.11 Å². The van der Waals surface area contributed by atoms with E-state index >= 15 is 0 Å². The average molecular weight is 311 g/mol. The second kappa shape index (κ2) is 5.88. The lowest BCUT2D eigenvalue weighted by Crippen LogP contribution is -2.44. The van der Waals surface area contributed by atoms with Crippen molar-refractivity contribution >= 4 is 28.9 Å². The molecule has 108 valence electrons. The van der Waals surface area contributed by atoms with Crippen LogP contribution in [-0.2, 0) is 4.74 Å². The van der Waals surface area contributed by atoms with Crippen LogP contribution in [0, 0.1) is 0 Å². The van der Waals surface area contributed by atoms with Crippen LogP contribution in [0.3, 0.4) is 0 Å². The molecule has 0 saturated carbocycles. The quantitative estimate of drug-likeness (QED) is 0.685. The third kappa shape index (κ3) is 2.52. The Morgan fingerprint density at radius 3 is 3.15 bits per heavy atom. The van der Waals surface area contributed by atoms with Gasteiger partial charge in [-0.15, -0.1) is 0 Å². The molecule has 2 bridgehead atoms. The van der Waals surface area contributed by atoms with Crippen LogP contribution in [0.15, 0.2) is 18.2 Å². The number of likely N-dealkylation sites (tertiary alicyclic amines) is 1. The second-order valence-corrected chi connectivity index (χ2v) is 6.25. The predicted octanol–water partition coefficient (Wildman–Crippen LogP) is 3.10. The first kappa shape index (κ1) is 14.1. The van der Waals surface area contributed by atoms with Crippen molar-refractivity contribution in [2.24, 2.45) is 0 Å². The first-order valence-corrected chi connectivity index (χ1v) is 7.82. The Hall–Kier alpha value is -0.840. The highest BCUT2D eigenvalue weighted by Gasteiger charge is 2.39. The van der Waals surface area contributed by atoms with Crippen molar-refractivity contribution in [3.8, 4) is 0 Å². The molecule has 0 aromatic heterocycles. The van der Waals surface area contributed by atoms with E-state index in [1.807, 2.05) is 6.07 Å². The van der Waals surface area contributed by atoms with E-state index < -0.39 is 0 Å². The average Bonchev–Trinajstić information content (AvgIpc) is 2.72. The van der Waals surface area contributed by atoms with Crippen LogP contribution in [0.2, 0.25) is 5.02 Å². The molecule has 1 fully saturated rings. The van der Waals surface area contributed by atoms with Crippen molar-refractivity contribution in [2.45, 2.75) is 24.8 Å². The predicted molar refractivity (Wildman–Crippen MR) is 85.4 cm³/mol. The number of halogens is 1. The number of thiocarbonyl (C=S) groups is 1. The minimum atomic E-state index is 0.406. The fourth-order valence-electron chi connectivity index (χ4n) is 3.35. The van der Waals surface area contributed by atoms with Gasteiger partial charge in [0.1, 0.15) is 0 Å². The highest BCUT2D eigenvalue weighted by molar-refractivity contribution is 7.80. The summed E-state index contributed by atoms with van der Waals surface area (Å²) in [4.78, 5) is 2.32. The monoisotopic (exact) mass is 310 g/mol. The number of hydrogen-bond acceptors (Lipinski definition) is 2. The molecule has 5 heteroatoms. The fourth-order valence-corrected chi connectivity index (χ4v) is 3.85. The van der Waals surface area contributed by atoms with Gasteiger partial charge in [0, 0.05) is 25.2 Å². The summed E-state index contributed by atoms with van der Waals surface area (Å²) < 4.78 is 5.06. The number of piperidine rings is 1. The van der Waals surface area contributed by atoms with Gasteiger partial charge in [0.05, 0.1) is 12.6 Å². The van der Waals surface area contributed by atoms with E-state index in [0.717, 1.165) is 36.1 Å². The standard InChI is InChI=1S/C15H19ClN2OS/c1-19-7-5-17-15(20)18-6-4-10-8-14(18)12-3-2-11(16)9-13(10)12/h2-3,9-10,14H,4-8H2,1H3,(H,17,20)/t10?,14-/m1/s1. The molecule has 1 aromatic rings. The minimum Gasteiger partial charge on any atom is -0.383 e. The number of methoxy groups -OCH3 is 1. The van der Waals surface area contributed by atoms with Crippen LogP contribution in [0.25, 0.3) is 0 Å². The fraction of sp³-hybridized carbons (Fsp3) is 0.533. The molecule has 2 atom stereocenters. The molecule has 1 aliphatic carbocycles. The normalized spacial score (nSPS) is 23.6. The van der Waals surface area contributed by atoms with E-state index in [9.17, 15) is 0 Å². The molecule has 3 nitrogen and oxygen atoms in total. The highest BCUT2D eigenvalue weighted by Crippen LogP contribution is 2.49. The van der Waals surface area contributed by atoms with Gasteiger partial charge in [0.2, 0.25) is 0 Å². The number of rotatable bonds is 3. The maximum absolute atomic E-state index is 6.13. The molecular formula is C15H19ClN2OS. The van der Waals surface area contributed by atoms with Crippen LogP contribution >= 0.6 is 23.8 Å². The van der Waals surface area contributed by atoms with E-state index in [0.29, 0.717) is 18.6 Å². The first-order chi connectivity index (χ1) is 9.70. The maximum atomic E-state index is 6.13. The number of nitrogens with zero attached hydrogens (tertiary/aromatic N) is 1. The Balaban J connectivity index is 1.76. The molecule has 20 heavy (non-hydrogen) atoms. The summed E-state index contributed by atoms with van der Waals surface area (Å²) in [6.07, 6.45) is 2.30. The zero-order valence-electron chi connectivity index (χ0n) is 11.6. The molecule has 0 amide bonds. The zero-order valence-corrected chi connectivity index (χ0v) is 13.1. The summed E-state index contributed by atoms with van der Waals surface area (Å²) in [6, 6.07) is 6.69. The van der Waals surface area contributed by atoms with E-state index in [-0.39, 0.29) is 0 Å². The van der Waals surface area contributed by atoms with Gasteiger partial charge in [0.25, 0.3) is 0 Å². The number of ether oxygens (including phenoxy) is 1. The topological polar surface area (TPSA) is 24.5 Å². The molecule has 1 aromatic carbocycles. The summed E-state index contributed by atoms with van der Waals surface area (Å²) in [5, 5.41) is 4.96. The van der Waals surface area contributed by atoms with E-state index in [1.54, 1.807) is 7.11 Å². The number of hydrogen-bond donors (Lipinski definition) is 1. The SMILES string of the molecule is COCCNC(=S)N1CCC2C[C@@H]1c1ccc(Cl)cc12. The minimum absolute atomic E-state index is 0.406. The van der Waals surface area contributed by atoms with Gasteiger partial charge < -0.3 is 15.0 Å². The Morgan fingerprint density at radius 1 is 1.50 bits per heavy atom. The van der Waals surface area contributed by atoms with Crippen molar-refractivity contribution in [2.75, 3.05) is 26.8 Å². The van der Waals surface area contributed by atoms with Crippen molar-refractivity contribution < 1.29 is 4.74 Å². The molecule has 3 rings (SSSR count). The van der Waals surface area contributed by atoms with E-state index in [1.165, 1.54) is 11.1 Å². The summed E-state index contributed by atoms with van der Waals surface area (Å²) >= 11 is 11.7. The van der Waals surface area contributed by atoms with Crippen molar-refractivity contribution in [3.63, 3.8) is 0 Å². The maximum Gasteiger partial charge on any atom is 0.169 e. The van der Waals surface area contributed by atoms with Crippen LogP contribution in [0.5, 0.6) is 0 Å². The van der Waals surface area contributed by atoms with Crippen molar-refractivity contribution in [1.29, 1.82) is 0 Å². The first-order valence-electron chi connectivity index (χ1n) is 7.03. The van der Waals surface area contributed by atoms with Gasteiger partial charge in [-0.2, -0.15) is 0 Å². The van der Waals surface area contributed by atoms with Crippen LogP contribution in [-0.4, -0.2) is 36.8 Å². The lowest BCUT2D eigenvalue weighted by Gasteiger charge is -2.36. The molecule has 0 spiro atoms. The summed E-state index contributed by atoms with van der Waals surface area (Å²) in [5.41, 5.74) is 2.82. The Labute approximate surface area is 130 Å². The third-order valence-corrected chi connectivity index (χ3v) is 4.91. The van der Waals surface area contributed by atoms with Crippen molar-refractivity contribution in [1.82, 2.24) is 10.2 Å². The molecule has 1 unspecified atom stereocenters. The van der Waals surface area contributed by atoms with E-state index in [2.05, 4.69) is 22.3 Å². The summed E-state index contributed by atoms with van der Waals surface area (Å²) in [5.74, 6) is 0.645. The smallest absolute Gasteiger partial charge is 0.169 e. The molecule has 1 aliphatic heterocycles. The van der Waals surface area contributed by atoms with Gasteiger partial charge in [-0.05, 0) is 54.2 Å². The van der Waals surface area contributed by atoms with Crippen LogP contribution in [0.1, 0.15) is 35.9 Å². The van der Waals surface area contributed by atoms with Gasteiger partial charge >= 0.3 is 0 Å². The van der Waals surface area contributed by atoms with Gasteiger partial charge in [-0.1, -0.05) is 17.7 Å². The number of benzene rings is 1. The molecular weight excluding hydrogens is 292 g/mol. The second-order valence-electron chi connectivity index (χ2n) is 5.43. The van der Waals surface area contributed by atoms with Crippen LogP contribution in [0.4, 0.5) is 0 Å². The molecule has 1 N–H and O–H groups in total.